The molecule has 0 saturated heterocycles. The largest absolute Gasteiger partial charge is 0.261 e. The summed E-state index contributed by atoms with van der Waals surface area (Å²) in [4.78, 5) is 0. The lowest BCUT2D eigenvalue weighted by atomic mass is 10.1. The van der Waals surface area contributed by atoms with E-state index in [2.05, 4.69) is 54.2 Å². The van der Waals surface area contributed by atoms with E-state index < -0.39 is 0 Å². The molecule has 0 atom stereocenters. The first-order chi connectivity index (χ1) is 7.86. The molecule has 0 aliphatic heterocycles. The lowest BCUT2D eigenvalue weighted by Crippen LogP contribution is -2.29. The SMILES string of the molecule is CCCC/C(=C\c1ccccc1)CNNC. The molecular weight excluding hydrogens is 196 g/mol. The van der Waals surface area contributed by atoms with E-state index in [-0.39, 0.29) is 0 Å². The van der Waals surface area contributed by atoms with Crippen LogP contribution in [0.1, 0.15) is 31.7 Å². The number of rotatable bonds is 7. The number of hydrogen-bond acceptors (Lipinski definition) is 2. The molecular formula is C14H22N2. The molecule has 0 fully saturated rings. The minimum Gasteiger partial charge on any atom is -0.261 e. The molecule has 0 aromatic heterocycles. The van der Waals surface area contributed by atoms with Gasteiger partial charge in [0.2, 0.25) is 0 Å². The van der Waals surface area contributed by atoms with Crippen molar-refractivity contribution in [3.8, 4) is 0 Å². The van der Waals surface area contributed by atoms with Crippen molar-refractivity contribution in [2.24, 2.45) is 0 Å². The summed E-state index contributed by atoms with van der Waals surface area (Å²) in [5, 5.41) is 0. The molecule has 0 bridgehead atoms. The van der Waals surface area contributed by atoms with Crippen LogP contribution >= 0.6 is 0 Å². The number of hydrogen-bond donors (Lipinski definition) is 2. The summed E-state index contributed by atoms with van der Waals surface area (Å²) in [6, 6.07) is 10.5. The fourth-order valence-electron chi connectivity index (χ4n) is 1.60. The van der Waals surface area contributed by atoms with Gasteiger partial charge in [-0.1, -0.05) is 55.3 Å². The van der Waals surface area contributed by atoms with Crippen LogP contribution in [0.4, 0.5) is 0 Å². The van der Waals surface area contributed by atoms with Crippen molar-refractivity contribution in [1.29, 1.82) is 0 Å². The predicted octanol–water partition coefficient (Wildman–Crippen LogP) is 2.98. The van der Waals surface area contributed by atoms with E-state index in [1.165, 1.54) is 30.4 Å². The zero-order valence-corrected chi connectivity index (χ0v) is 10.3. The van der Waals surface area contributed by atoms with Gasteiger partial charge in [0, 0.05) is 6.54 Å². The molecule has 0 amide bonds. The van der Waals surface area contributed by atoms with E-state index in [0.717, 1.165) is 6.54 Å². The molecule has 1 aromatic rings. The van der Waals surface area contributed by atoms with E-state index in [0.29, 0.717) is 0 Å². The van der Waals surface area contributed by atoms with Crippen LogP contribution in [0.25, 0.3) is 6.08 Å². The van der Waals surface area contributed by atoms with Gasteiger partial charge in [-0.25, -0.2) is 0 Å². The van der Waals surface area contributed by atoms with Gasteiger partial charge in [-0.05, 0) is 25.5 Å². The van der Waals surface area contributed by atoms with Gasteiger partial charge in [-0.3, -0.25) is 10.9 Å². The molecule has 0 spiro atoms. The van der Waals surface area contributed by atoms with Crippen molar-refractivity contribution in [2.75, 3.05) is 13.6 Å². The van der Waals surface area contributed by atoms with Gasteiger partial charge in [0.1, 0.15) is 0 Å². The first-order valence-electron chi connectivity index (χ1n) is 6.01. The first-order valence-corrected chi connectivity index (χ1v) is 6.01. The molecule has 0 radical (unpaired) electrons. The van der Waals surface area contributed by atoms with Gasteiger partial charge >= 0.3 is 0 Å². The van der Waals surface area contributed by atoms with Gasteiger partial charge in [-0.15, -0.1) is 0 Å². The van der Waals surface area contributed by atoms with Crippen LogP contribution in [0.5, 0.6) is 0 Å². The average molecular weight is 218 g/mol. The highest BCUT2D eigenvalue weighted by atomic mass is 15.3. The Bertz CT molecular complexity index is 294. The molecule has 0 unspecified atom stereocenters. The summed E-state index contributed by atoms with van der Waals surface area (Å²) in [5.41, 5.74) is 8.86. The fraction of sp³-hybridized carbons (Fsp3) is 0.429. The normalized spacial score (nSPS) is 11.8. The second-order valence-electron chi connectivity index (χ2n) is 3.92. The zero-order valence-electron chi connectivity index (χ0n) is 10.3. The number of benzene rings is 1. The number of nitrogens with one attached hydrogen (secondary N) is 2. The van der Waals surface area contributed by atoms with E-state index in [1.807, 2.05) is 7.05 Å². The van der Waals surface area contributed by atoms with E-state index in [1.54, 1.807) is 0 Å². The number of unbranched alkanes of at least 4 members (excludes halogenated alkanes) is 1. The predicted molar refractivity (Wildman–Crippen MR) is 71.0 cm³/mol. The van der Waals surface area contributed by atoms with Crippen LogP contribution in [0, 0.1) is 0 Å². The van der Waals surface area contributed by atoms with Gasteiger partial charge < -0.3 is 0 Å². The molecule has 88 valence electrons. The van der Waals surface area contributed by atoms with Crippen LogP contribution in [0.2, 0.25) is 0 Å². The Morgan fingerprint density at radius 2 is 2.00 bits per heavy atom. The van der Waals surface area contributed by atoms with Crippen LogP contribution in [0.15, 0.2) is 35.9 Å². The Morgan fingerprint density at radius 3 is 2.62 bits per heavy atom. The highest BCUT2D eigenvalue weighted by molar-refractivity contribution is 5.52. The maximum Gasteiger partial charge on any atom is 0.0313 e. The molecule has 1 rings (SSSR count). The minimum absolute atomic E-state index is 0.908. The van der Waals surface area contributed by atoms with Crippen molar-refractivity contribution >= 4 is 6.08 Å². The Hall–Kier alpha value is -1.12. The second-order valence-corrected chi connectivity index (χ2v) is 3.92. The highest BCUT2D eigenvalue weighted by Gasteiger charge is 1.97. The van der Waals surface area contributed by atoms with Gasteiger partial charge in [-0.2, -0.15) is 0 Å². The van der Waals surface area contributed by atoms with Crippen LogP contribution in [-0.2, 0) is 0 Å². The highest BCUT2D eigenvalue weighted by Crippen LogP contribution is 2.11. The first kappa shape index (κ1) is 12.9. The zero-order chi connectivity index (χ0) is 11.6. The standard InChI is InChI=1S/C14H22N2/c1-3-4-8-14(12-16-15-2)11-13-9-6-5-7-10-13/h5-7,9-11,15-16H,3-4,8,12H2,1-2H3/b14-11+. The van der Waals surface area contributed by atoms with Crippen molar-refractivity contribution in [3.05, 3.63) is 41.5 Å². The van der Waals surface area contributed by atoms with Gasteiger partial charge in [0.25, 0.3) is 0 Å². The smallest absolute Gasteiger partial charge is 0.0313 e. The fourth-order valence-corrected chi connectivity index (χ4v) is 1.60. The lowest BCUT2D eigenvalue weighted by Gasteiger charge is -2.08. The average Bonchev–Trinajstić information content (AvgIpc) is 2.34. The summed E-state index contributed by atoms with van der Waals surface area (Å²) >= 11 is 0. The Labute approximate surface area is 98.7 Å². The van der Waals surface area contributed by atoms with E-state index >= 15 is 0 Å². The molecule has 2 heteroatoms. The maximum absolute atomic E-state index is 3.16. The quantitative estimate of drug-likeness (QED) is 0.687. The number of hydrazine groups is 1. The van der Waals surface area contributed by atoms with Crippen molar-refractivity contribution in [1.82, 2.24) is 10.9 Å². The summed E-state index contributed by atoms with van der Waals surface area (Å²) in [7, 11) is 1.90. The van der Waals surface area contributed by atoms with Crippen molar-refractivity contribution in [3.63, 3.8) is 0 Å². The molecule has 0 aliphatic rings. The van der Waals surface area contributed by atoms with Crippen LogP contribution in [-0.4, -0.2) is 13.6 Å². The summed E-state index contributed by atoms with van der Waals surface area (Å²) in [5.74, 6) is 0. The Morgan fingerprint density at radius 1 is 1.25 bits per heavy atom. The Balaban J connectivity index is 2.63. The third-order valence-corrected chi connectivity index (χ3v) is 2.51. The summed E-state index contributed by atoms with van der Waals surface area (Å²) in [6.45, 7) is 3.14. The molecule has 2 nitrogen and oxygen atoms in total. The van der Waals surface area contributed by atoms with Crippen LogP contribution in [0.3, 0.4) is 0 Å². The summed E-state index contributed by atoms with van der Waals surface area (Å²) in [6.07, 6.45) is 5.94. The third-order valence-electron chi connectivity index (χ3n) is 2.51. The van der Waals surface area contributed by atoms with Gasteiger partial charge in [0.05, 0.1) is 0 Å². The molecule has 0 saturated carbocycles. The molecule has 16 heavy (non-hydrogen) atoms. The maximum atomic E-state index is 3.16. The summed E-state index contributed by atoms with van der Waals surface area (Å²) < 4.78 is 0. The van der Waals surface area contributed by atoms with E-state index in [9.17, 15) is 0 Å². The third kappa shape index (κ3) is 5.10. The monoisotopic (exact) mass is 218 g/mol. The lowest BCUT2D eigenvalue weighted by molar-refractivity contribution is 0.617. The molecule has 1 aromatic carbocycles. The Kier molecular flexibility index (Phi) is 6.54. The minimum atomic E-state index is 0.908. The topological polar surface area (TPSA) is 24.1 Å². The molecule has 0 heterocycles. The second kappa shape index (κ2) is 8.08. The van der Waals surface area contributed by atoms with Crippen molar-refractivity contribution < 1.29 is 0 Å². The molecule has 2 N–H and O–H groups in total. The van der Waals surface area contributed by atoms with Crippen molar-refractivity contribution in [2.45, 2.75) is 26.2 Å². The van der Waals surface area contributed by atoms with Gasteiger partial charge in [0.15, 0.2) is 0 Å². The molecule has 0 aliphatic carbocycles. The van der Waals surface area contributed by atoms with E-state index in [4.69, 9.17) is 0 Å². The van der Waals surface area contributed by atoms with Crippen LogP contribution < -0.4 is 10.9 Å².